The van der Waals surface area contributed by atoms with Gasteiger partial charge in [0.25, 0.3) is 0 Å². The number of benzene rings is 2. The highest BCUT2D eigenvalue weighted by molar-refractivity contribution is 5.88. The minimum Gasteiger partial charge on any atom is -0.493 e. The molecule has 2 aromatic carbocycles. The number of nitrogens with zero attached hydrogens (tertiary/aromatic N) is 2. The van der Waals surface area contributed by atoms with Gasteiger partial charge in [0.1, 0.15) is 11.6 Å². The predicted molar refractivity (Wildman–Crippen MR) is 164 cm³/mol. The highest BCUT2D eigenvalue weighted by atomic mass is 19.1. The number of hydrogen-bond acceptors (Lipinski definition) is 5. The van der Waals surface area contributed by atoms with Gasteiger partial charge >= 0.3 is 5.97 Å². The van der Waals surface area contributed by atoms with Crippen molar-refractivity contribution in [2.24, 2.45) is 5.41 Å². The average Bonchev–Trinajstić information content (AvgIpc) is 2.92. The van der Waals surface area contributed by atoms with Crippen LogP contribution in [0.5, 0.6) is 5.75 Å². The molecule has 2 fully saturated rings. The average molecular weight is 575 g/mol. The third-order valence-electron chi connectivity index (χ3n) is 8.81. The van der Waals surface area contributed by atoms with E-state index in [0.29, 0.717) is 29.7 Å². The first-order valence-electron chi connectivity index (χ1n) is 15.1. The number of halogens is 1. The Morgan fingerprint density at radius 2 is 1.64 bits per heavy atom. The second-order valence-electron chi connectivity index (χ2n) is 13.0. The summed E-state index contributed by atoms with van der Waals surface area (Å²) in [5.74, 6) is -0.515. The Morgan fingerprint density at radius 1 is 1.00 bits per heavy atom. The van der Waals surface area contributed by atoms with Gasteiger partial charge in [-0.1, -0.05) is 30.7 Å². The number of hydrogen-bond donors (Lipinski definition) is 1. The van der Waals surface area contributed by atoms with Crippen molar-refractivity contribution in [3.8, 4) is 16.9 Å². The van der Waals surface area contributed by atoms with E-state index in [0.717, 1.165) is 59.8 Å². The molecule has 42 heavy (non-hydrogen) atoms. The summed E-state index contributed by atoms with van der Waals surface area (Å²) in [6.45, 7) is 11.8. The normalized spacial score (nSPS) is 17.1. The maximum Gasteiger partial charge on any atom is 0.337 e. The van der Waals surface area contributed by atoms with Crippen molar-refractivity contribution in [1.82, 2.24) is 4.98 Å². The Hall–Kier alpha value is -3.45. The van der Waals surface area contributed by atoms with E-state index in [-0.39, 0.29) is 5.82 Å². The summed E-state index contributed by atoms with van der Waals surface area (Å²) in [5.41, 5.74) is 5.85. The lowest BCUT2D eigenvalue weighted by molar-refractivity contribution is -0.160. The van der Waals surface area contributed by atoms with Gasteiger partial charge in [0, 0.05) is 42.0 Å². The van der Waals surface area contributed by atoms with Crippen LogP contribution in [-0.4, -0.2) is 41.4 Å². The first-order valence-corrected chi connectivity index (χ1v) is 15.1. The molecule has 1 N–H and O–H groups in total. The Labute approximate surface area is 248 Å². The molecule has 0 unspecified atom stereocenters. The molecule has 1 aliphatic heterocycles. The first kappa shape index (κ1) is 30.0. The number of aromatic nitrogens is 1. The third-order valence-corrected chi connectivity index (χ3v) is 8.81. The molecule has 1 aliphatic carbocycles. The van der Waals surface area contributed by atoms with Crippen molar-refractivity contribution in [1.29, 1.82) is 0 Å². The lowest BCUT2D eigenvalue weighted by Gasteiger charge is -2.49. The Kier molecular flexibility index (Phi) is 8.61. The molecule has 1 saturated heterocycles. The zero-order chi connectivity index (χ0) is 30.1. The van der Waals surface area contributed by atoms with E-state index in [1.54, 1.807) is 12.1 Å². The van der Waals surface area contributed by atoms with Crippen LogP contribution in [0.4, 0.5) is 10.1 Å². The highest BCUT2D eigenvalue weighted by Crippen LogP contribution is 2.51. The Balaban J connectivity index is 1.49. The number of carbonyl (C=O) groups is 1. The molecule has 5 rings (SSSR count). The lowest BCUT2D eigenvalue weighted by Crippen LogP contribution is -2.44. The molecule has 2 aliphatic rings. The number of carboxylic acids is 1. The van der Waals surface area contributed by atoms with Gasteiger partial charge in [0.2, 0.25) is 0 Å². The molecule has 1 spiro atoms. The number of aliphatic carboxylic acids is 1. The van der Waals surface area contributed by atoms with Crippen LogP contribution in [0.2, 0.25) is 0 Å². The van der Waals surface area contributed by atoms with Gasteiger partial charge in [-0.25, -0.2) is 9.18 Å². The van der Waals surface area contributed by atoms with E-state index in [9.17, 15) is 14.3 Å². The monoisotopic (exact) mass is 574 g/mol. The van der Waals surface area contributed by atoms with Crippen LogP contribution in [0.15, 0.2) is 48.5 Å². The standard InChI is InChI=1S/C35H43FN2O4/c1-23-29(26-9-13-28(14-10-26)41-22-15-25-7-11-27(36)12-8-25)31(38-20-18-35(19-21-38)16-6-17-35)30(24(2)37-23)32(33(39)40)42-34(3,4)5/h7-14,32H,6,15-22H2,1-5H3,(H,39,40)/t32-/m0/s1. The number of piperidine rings is 1. The summed E-state index contributed by atoms with van der Waals surface area (Å²) in [4.78, 5) is 20.0. The number of rotatable bonds is 9. The topological polar surface area (TPSA) is 71.9 Å². The minimum atomic E-state index is -1.14. The predicted octanol–water partition coefficient (Wildman–Crippen LogP) is 7.84. The van der Waals surface area contributed by atoms with Gasteiger partial charge in [0.05, 0.1) is 17.9 Å². The zero-order valence-electron chi connectivity index (χ0n) is 25.5. The molecule has 1 aromatic heterocycles. The summed E-state index contributed by atoms with van der Waals surface area (Å²) >= 11 is 0. The van der Waals surface area contributed by atoms with Crippen molar-refractivity contribution >= 4 is 11.7 Å². The fourth-order valence-electron chi connectivity index (χ4n) is 6.46. The summed E-state index contributed by atoms with van der Waals surface area (Å²) in [7, 11) is 0. The summed E-state index contributed by atoms with van der Waals surface area (Å²) in [6.07, 6.45) is 5.67. The van der Waals surface area contributed by atoms with E-state index < -0.39 is 17.7 Å². The second kappa shape index (κ2) is 12.0. The van der Waals surface area contributed by atoms with Gasteiger partial charge in [0.15, 0.2) is 6.10 Å². The molecule has 0 radical (unpaired) electrons. The van der Waals surface area contributed by atoms with E-state index in [1.165, 1.54) is 31.4 Å². The molecule has 1 saturated carbocycles. The van der Waals surface area contributed by atoms with Gasteiger partial charge in [-0.3, -0.25) is 4.98 Å². The molecule has 224 valence electrons. The first-order chi connectivity index (χ1) is 19.9. The maximum atomic E-state index is 13.2. The maximum absolute atomic E-state index is 13.2. The van der Waals surface area contributed by atoms with Crippen LogP contribution in [0.1, 0.15) is 81.5 Å². The number of ether oxygens (including phenoxy) is 2. The molecule has 0 bridgehead atoms. The number of pyridine rings is 1. The van der Waals surface area contributed by atoms with Crippen molar-refractivity contribution in [3.05, 3.63) is 76.9 Å². The fraction of sp³-hybridized carbons (Fsp3) is 0.486. The third kappa shape index (κ3) is 6.62. The summed E-state index contributed by atoms with van der Waals surface area (Å²) in [6, 6.07) is 14.4. The zero-order valence-corrected chi connectivity index (χ0v) is 25.5. The van der Waals surface area contributed by atoms with Gasteiger partial charge < -0.3 is 19.5 Å². The number of carboxylic acid groups (broad SMARTS) is 1. The van der Waals surface area contributed by atoms with Crippen molar-refractivity contribution in [3.63, 3.8) is 0 Å². The molecular formula is C35H43FN2O4. The van der Waals surface area contributed by atoms with Crippen molar-refractivity contribution < 1.29 is 23.8 Å². The van der Waals surface area contributed by atoms with Crippen molar-refractivity contribution in [2.75, 3.05) is 24.6 Å². The second-order valence-corrected chi connectivity index (χ2v) is 13.0. The van der Waals surface area contributed by atoms with Crippen LogP contribution < -0.4 is 9.64 Å². The van der Waals surface area contributed by atoms with E-state index in [2.05, 4.69) is 4.90 Å². The minimum absolute atomic E-state index is 0.245. The molecular weight excluding hydrogens is 531 g/mol. The van der Waals surface area contributed by atoms with Crippen LogP contribution in [0.3, 0.4) is 0 Å². The summed E-state index contributed by atoms with van der Waals surface area (Å²) < 4.78 is 25.4. The molecule has 3 aromatic rings. The molecule has 2 heterocycles. The van der Waals surface area contributed by atoms with Crippen LogP contribution in [-0.2, 0) is 16.0 Å². The van der Waals surface area contributed by atoms with Crippen LogP contribution in [0.25, 0.3) is 11.1 Å². The molecule has 7 heteroatoms. The molecule has 1 atom stereocenters. The quantitative estimate of drug-likeness (QED) is 0.281. The fourth-order valence-corrected chi connectivity index (χ4v) is 6.46. The van der Waals surface area contributed by atoms with Gasteiger partial charge in [-0.05, 0) is 101 Å². The summed E-state index contributed by atoms with van der Waals surface area (Å²) in [5, 5.41) is 10.4. The molecule has 6 nitrogen and oxygen atoms in total. The number of anilines is 1. The Bertz CT molecular complexity index is 1400. The van der Waals surface area contributed by atoms with Gasteiger partial charge in [-0.15, -0.1) is 0 Å². The van der Waals surface area contributed by atoms with E-state index >= 15 is 0 Å². The van der Waals surface area contributed by atoms with Crippen LogP contribution >= 0.6 is 0 Å². The number of aryl methyl sites for hydroxylation is 2. The van der Waals surface area contributed by atoms with Crippen molar-refractivity contribution in [2.45, 2.75) is 84.8 Å². The van der Waals surface area contributed by atoms with E-state index in [4.69, 9.17) is 14.5 Å². The largest absolute Gasteiger partial charge is 0.493 e. The van der Waals surface area contributed by atoms with Crippen LogP contribution in [0, 0.1) is 25.1 Å². The smallest absolute Gasteiger partial charge is 0.337 e. The SMILES string of the molecule is Cc1nc(C)c([C@H](OC(C)(C)C)C(=O)O)c(N2CCC3(CCC3)CC2)c1-c1ccc(OCCc2ccc(F)cc2)cc1. The Morgan fingerprint density at radius 3 is 2.19 bits per heavy atom. The molecule has 0 amide bonds. The lowest BCUT2D eigenvalue weighted by atomic mass is 9.63. The highest BCUT2D eigenvalue weighted by Gasteiger charge is 2.42. The van der Waals surface area contributed by atoms with Gasteiger partial charge in [-0.2, -0.15) is 0 Å². The van der Waals surface area contributed by atoms with E-state index in [1.807, 2.05) is 58.9 Å².